The highest BCUT2D eigenvalue weighted by molar-refractivity contribution is 6.14. The second-order valence-corrected chi connectivity index (χ2v) is 12.3. The van der Waals surface area contributed by atoms with Gasteiger partial charge in [0.05, 0.1) is 22.2 Å². The van der Waals surface area contributed by atoms with Crippen molar-refractivity contribution >= 4 is 54.6 Å². The Labute approximate surface area is 277 Å². The molecule has 0 bridgehead atoms. The minimum atomic E-state index is 0.852. The molecule has 0 amide bonds. The van der Waals surface area contributed by atoms with Gasteiger partial charge in [-0.2, -0.15) is 0 Å². The largest absolute Gasteiger partial charge is 0.456 e. The van der Waals surface area contributed by atoms with Gasteiger partial charge in [0.15, 0.2) is 0 Å². The van der Waals surface area contributed by atoms with Gasteiger partial charge in [-0.3, -0.25) is 0 Å². The Morgan fingerprint density at radius 1 is 0.417 bits per heavy atom. The van der Waals surface area contributed by atoms with Crippen molar-refractivity contribution in [1.82, 2.24) is 9.55 Å². The monoisotopic (exact) mass is 612 g/mol. The lowest BCUT2D eigenvalue weighted by Gasteiger charge is -2.11. The van der Waals surface area contributed by atoms with Crippen LogP contribution in [0.4, 0.5) is 0 Å². The molecular formula is C45H28N2O. The van der Waals surface area contributed by atoms with Crippen molar-refractivity contribution in [2.75, 3.05) is 0 Å². The summed E-state index contributed by atoms with van der Waals surface area (Å²) in [4.78, 5) is 5.21. The summed E-state index contributed by atoms with van der Waals surface area (Å²) in [5.74, 6) is 0. The molecule has 0 saturated heterocycles. The first-order chi connectivity index (χ1) is 23.8. The number of benzene rings is 7. The molecule has 3 heterocycles. The number of para-hydroxylation sites is 2. The van der Waals surface area contributed by atoms with Crippen LogP contribution in [0.15, 0.2) is 174 Å². The van der Waals surface area contributed by atoms with E-state index in [9.17, 15) is 0 Å². The molecule has 0 aliphatic carbocycles. The zero-order valence-electron chi connectivity index (χ0n) is 26.0. The van der Waals surface area contributed by atoms with Crippen LogP contribution in [-0.4, -0.2) is 9.55 Å². The molecule has 10 aromatic rings. The Balaban J connectivity index is 1.21. The molecule has 3 heteroatoms. The lowest BCUT2D eigenvalue weighted by molar-refractivity contribution is 0.669. The van der Waals surface area contributed by atoms with Crippen molar-refractivity contribution in [1.29, 1.82) is 0 Å². The smallest absolute Gasteiger partial charge is 0.136 e. The van der Waals surface area contributed by atoms with Crippen molar-refractivity contribution in [3.05, 3.63) is 170 Å². The molecule has 48 heavy (non-hydrogen) atoms. The number of hydrogen-bond acceptors (Lipinski definition) is 2. The SMILES string of the molecule is c1ccc(-c2ccc3c(c2)c2ccccc2n3-c2ccc3oc4cccc(-c5cc(-c6ccccc6)c6ccccc6n5)c4c3c2)cc1. The van der Waals surface area contributed by atoms with Gasteiger partial charge < -0.3 is 8.98 Å². The average molecular weight is 613 g/mol. The maximum Gasteiger partial charge on any atom is 0.136 e. The van der Waals surface area contributed by atoms with Crippen molar-refractivity contribution in [3.8, 4) is 39.2 Å². The quantitative estimate of drug-likeness (QED) is 0.198. The third-order valence-electron chi connectivity index (χ3n) is 9.59. The molecule has 10 rings (SSSR count). The van der Waals surface area contributed by atoms with Crippen LogP contribution >= 0.6 is 0 Å². The van der Waals surface area contributed by atoms with E-state index in [1.165, 1.54) is 44.1 Å². The second-order valence-electron chi connectivity index (χ2n) is 12.3. The summed E-state index contributed by atoms with van der Waals surface area (Å²) < 4.78 is 8.87. The fourth-order valence-electron chi connectivity index (χ4n) is 7.40. The second kappa shape index (κ2) is 10.5. The Morgan fingerprint density at radius 3 is 2.00 bits per heavy atom. The summed E-state index contributed by atoms with van der Waals surface area (Å²) in [6, 6.07) is 60.1. The van der Waals surface area contributed by atoms with Crippen LogP contribution in [-0.2, 0) is 0 Å². The third kappa shape index (κ3) is 4.11. The fraction of sp³-hybridized carbons (Fsp3) is 0. The number of fused-ring (bicyclic) bond motifs is 7. The Kier molecular flexibility index (Phi) is 5.87. The van der Waals surface area contributed by atoms with Gasteiger partial charge >= 0.3 is 0 Å². The van der Waals surface area contributed by atoms with E-state index >= 15 is 0 Å². The van der Waals surface area contributed by atoms with Crippen LogP contribution < -0.4 is 0 Å². The van der Waals surface area contributed by atoms with Gasteiger partial charge in [-0.15, -0.1) is 0 Å². The molecule has 0 aliphatic rings. The highest BCUT2D eigenvalue weighted by atomic mass is 16.3. The van der Waals surface area contributed by atoms with E-state index in [4.69, 9.17) is 9.40 Å². The molecule has 0 atom stereocenters. The zero-order valence-corrected chi connectivity index (χ0v) is 26.0. The van der Waals surface area contributed by atoms with Gasteiger partial charge in [-0.05, 0) is 76.9 Å². The predicted molar refractivity (Wildman–Crippen MR) is 200 cm³/mol. The number of hydrogen-bond donors (Lipinski definition) is 0. The molecule has 0 unspecified atom stereocenters. The van der Waals surface area contributed by atoms with Crippen LogP contribution in [0.2, 0.25) is 0 Å². The standard InChI is InChI=1S/C45H28N2O/c1-3-12-29(13-4-1)31-22-24-42-37(26-31)34-17-8-10-20-41(34)47(42)32-23-25-43-38(27-32)45-35(18-11-21-44(45)48-43)40-28-36(30-14-5-2-6-15-30)33-16-7-9-19-39(33)46-40/h1-28H. The molecule has 0 aliphatic heterocycles. The number of aromatic nitrogens is 2. The van der Waals surface area contributed by atoms with Crippen molar-refractivity contribution < 1.29 is 4.42 Å². The van der Waals surface area contributed by atoms with Gasteiger partial charge in [0.2, 0.25) is 0 Å². The molecule has 7 aromatic carbocycles. The van der Waals surface area contributed by atoms with E-state index in [-0.39, 0.29) is 0 Å². The number of rotatable bonds is 4. The highest BCUT2D eigenvalue weighted by Crippen LogP contribution is 2.41. The minimum absolute atomic E-state index is 0.852. The molecule has 0 radical (unpaired) electrons. The van der Waals surface area contributed by atoms with E-state index in [0.717, 1.165) is 49.8 Å². The van der Waals surface area contributed by atoms with Crippen LogP contribution in [0.5, 0.6) is 0 Å². The van der Waals surface area contributed by atoms with Crippen LogP contribution in [0.3, 0.4) is 0 Å². The molecule has 224 valence electrons. The number of pyridine rings is 1. The normalized spacial score (nSPS) is 11.8. The summed E-state index contributed by atoms with van der Waals surface area (Å²) in [5, 5.41) is 5.75. The maximum absolute atomic E-state index is 6.49. The summed E-state index contributed by atoms with van der Waals surface area (Å²) in [5.41, 5.74) is 12.9. The molecular weight excluding hydrogens is 585 g/mol. The third-order valence-corrected chi connectivity index (χ3v) is 9.59. The van der Waals surface area contributed by atoms with Crippen molar-refractivity contribution in [3.63, 3.8) is 0 Å². The Morgan fingerprint density at radius 2 is 1.15 bits per heavy atom. The van der Waals surface area contributed by atoms with E-state index < -0.39 is 0 Å². The minimum Gasteiger partial charge on any atom is -0.456 e. The fourth-order valence-corrected chi connectivity index (χ4v) is 7.40. The molecule has 3 nitrogen and oxygen atoms in total. The van der Waals surface area contributed by atoms with E-state index in [2.05, 4.69) is 174 Å². The lowest BCUT2D eigenvalue weighted by Crippen LogP contribution is -1.93. The summed E-state index contributed by atoms with van der Waals surface area (Å²) in [7, 11) is 0. The summed E-state index contributed by atoms with van der Waals surface area (Å²) >= 11 is 0. The van der Waals surface area contributed by atoms with Gasteiger partial charge in [0.1, 0.15) is 11.2 Å². The summed E-state index contributed by atoms with van der Waals surface area (Å²) in [6.07, 6.45) is 0. The van der Waals surface area contributed by atoms with Crippen LogP contribution in [0.25, 0.3) is 93.8 Å². The van der Waals surface area contributed by atoms with Gasteiger partial charge in [-0.25, -0.2) is 4.98 Å². The Hall–Kier alpha value is -6.45. The first-order valence-corrected chi connectivity index (χ1v) is 16.3. The number of furan rings is 1. The van der Waals surface area contributed by atoms with Gasteiger partial charge in [0, 0.05) is 38.2 Å². The topological polar surface area (TPSA) is 31.0 Å². The van der Waals surface area contributed by atoms with E-state index in [1.807, 2.05) is 0 Å². The lowest BCUT2D eigenvalue weighted by atomic mass is 9.96. The summed E-state index contributed by atoms with van der Waals surface area (Å²) in [6.45, 7) is 0. The van der Waals surface area contributed by atoms with Gasteiger partial charge in [0.25, 0.3) is 0 Å². The number of nitrogens with zero attached hydrogens (tertiary/aromatic N) is 2. The average Bonchev–Trinajstić information content (AvgIpc) is 3.70. The Bertz CT molecular complexity index is 2830. The predicted octanol–water partition coefficient (Wildman–Crippen LogP) is 12.2. The first kappa shape index (κ1) is 26.7. The molecule has 0 fully saturated rings. The highest BCUT2D eigenvalue weighted by Gasteiger charge is 2.18. The van der Waals surface area contributed by atoms with Crippen molar-refractivity contribution in [2.24, 2.45) is 0 Å². The van der Waals surface area contributed by atoms with Crippen LogP contribution in [0.1, 0.15) is 0 Å². The molecule has 0 N–H and O–H groups in total. The molecule has 0 spiro atoms. The van der Waals surface area contributed by atoms with Crippen molar-refractivity contribution in [2.45, 2.75) is 0 Å². The zero-order chi connectivity index (χ0) is 31.6. The van der Waals surface area contributed by atoms with Gasteiger partial charge in [-0.1, -0.05) is 115 Å². The van der Waals surface area contributed by atoms with E-state index in [0.29, 0.717) is 0 Å². The van der Waals surface area contributed by atoms with Crippen LogP contribution in [0, 0.1) is 0 Å². The first-order valence-electron chi connectivity index (χ1n) is 16.3. The van der Waals surface area contributed by atoms with E-state index in [1.54, 1.807) is 0 Å². The maximum atomic E-state index is 6.49. The molecule has 0 saturated carbocycles. The molecule has 3 aromatic heterocycles.